The van der Waals surface area contributed by atoms with Crippen LogP contribution in [0.1, 0.15) is 41.6 Å². The van der Waals surface area contributed by atoms with E-state index < -0.39 is 0 Å². The van der Waals surface area contributed by atoms with E-state index in [1.165, 1.54) is 5.56 Å². The molecule has 2 saturated heterocycles. The maximum atomic E-state index is 12.8. The zero-order valence-corrected chi connectivity index (χ0v) is 18.8. The number of halogens is 1. The fourth-order valence-electron chi connectivity index (χ4n) is 4.65. The number of hydrogen-bond acceptors (Lipinski definition) is 3. The molecule has 1 N–H and O–H groups in total. The molecule has 2 amide bonds. The Morgan fingerprint density at radius 3 is 2.19 bits per heavy atom. The third kappa shape index (κ3) is 5.28. The van der Waals surface area contributed by atoms with E-state index in [1.54, 1.807) is 12.1 Å². The van der Waals surface area contributed by atoms with Gasteiger partial charge in [0.1, 0.15) is 0 Å². The minimum Gasteiger partial charge on any atom is -0.338 e. The van der Waals surface area contributed by atoms with E-state index in [1.807, 2.05) is 48.2 Å². The number of anilines is 1. The minimum atomic E-state index is 0.0236. The molecule has 164 valence electrons. The maximum Gasteiger partial charge on any atom is 0.255 e. The van der Waals surface area contributed by atoms with Crippen molar-refractivity contribution in [3.63, 3.8) is 0 Å². The predicted molar refractivity (Wildman–Crippen MR) is 124 cm³/mol. The number of amides is 2. The van der Waals surface area contributed by atoms with Crippen LogP contribution >= 0.6 is 11.6 Å². The number of nitrogens with zero attached hydrogens (tertiary/aromatic N) is 2. The molecule has 0 radical (unpaired) electrons. The number of likely N-dealkylation sites (tertiary alicyclic amines) is 2. The first-order valence-electron chi connectivity index (χ1n) is 11.2. The number of benzene rings is 2. The molecule has 0 unspecified atom stereocenters. The van der Waals surface area contributed by atoms with Crippen LogP contribution in [0.4, 0.5) is 5.69 Å². The van der Waals surface area contributed by atoms with Crippen LogP contribution in [0.15, 0.2) is 48.5 Å². The van der Waals surface area contributed by atoms with Crippen LogP contribution < -0.4 is 5.32 Å². The van der Waals surface area contributed by atoms with Gasteiger partial charge in [0.25, 0.3) is 5.91 Å². The van der Waals surface area contributed by atoms with Gasteiger partial charge in [0.15, 0.2) is 0 Å². The summed E-state index contributed by atoms with van der Waals surface area (Å²) in [7, 11) is 0. The summed E-state index contributed by atoms with van der Waals surface area (Å²) in [4.78, 5) is 29.8. The van der Waals surface area contributed by atoms with Crippen molar-refractivity contribution < 1.29 is 9.59 Å². The average Bonchev–Trinajstić information content (AvgIpc) is 2.81. The van der Waals surface area contributed by atoms with Crippen LogP contribution in [0.5, 0.6) is 0 Å². The molecule has 0 atom stereocenters. The third-order valence-corrected chi connectivity index (χ3v) is 6.92. The number of hydrogen-bond donors (Lipinski definition) is 1. The number of nitrogens with one attached hydrogen (secondary N) is 1. The molecule has 6 heteroatoms. The Morgan fingerprint density at radius 2 is 1.55 bits per heavy atom. The summed E-state index contributed by atoms with van der Waals surface area (Å²) >= 11 is 6.20. The third-order valence-electron chi connectivity index (χ3n) is 6.59. The van der Waals surface area contributed by atoms with Crippen LogP contribution in [0.3, 0.4) is 0 Å². The molecule has 0 spiro atoms. The van der Waals surface area contributed by atoms with E-state index in [4.69, 9.17) is 11.6 Å². The highest BCUT2D eigenvalue weighted by molar-refractivity contribution is 6.33. The van der Waals surface area contributed by atoms with Crippen molar-refractivity contribution in [1.82, 2.24) is 9.80 Å². The Morgan fingerprint density at radius 1 is 0.903 bits per heavy atom. The van der Waals surface area contributed by atoms with Crippen molar-refractivity contribution in [2.45, 2.75) is 38.6 Å². The predicted octanol–water partition coefficient (Wildman–Crippen LogP) is 4.60. The first-order valence-corrected chi connectivity index (χ1v) is 11.5. The molecule has 0 bridgehead atoms. The smallest absolute Gasteiger partial charge is 0.255 e. The summed E-state index contributed by atoms with van der Waals surface area (Å²) in [6.45, 7) is 5.42. The fraction of sp³-hybridized carbons (Fsp3) is 0.440. The Bertz CT molecular complexity index is 915. The van der Waals surface area contributed by atoms with E-state index in [0.717, 1.165) is 57.5 Å². The lowest BCUT2D eigenvalue weighted by molar-refractivity contribution is -0.121. The summed E-state index contributed by atoms with van der Waals surface area (Å²) in [5, 5.41) is 3.57. The van der Waals surface area contributed by atoms with Gasteiger partial charge in [-0.05, 0) is 70.0 Å². The van der Waals surface area contributed by atoms with E-state index in [-0.39, 0.29) is 17.7 Å². The number of carbonyl (C=O) groups is 2. The molecule has 2 heterocycles. The first-order chi connectivity index (χ1) is 15.0. The van der Waals surface area contributed by atoms with Crippen molar-refractivity contribution in [1.29, 1.82) is 0 Å². The second-order valence-corrected chi connectivity index (χ2v) is 9.08. The summed E-state index contributed by atoms with van der Waals surface area (Å²) in [6, 6.07) is 15.7. The molecule has 0 aliphatic carbocycles. The summed E-state index contributed by atoms with van der Waals surface area (Å²) in [5.74, 6) is 0.221. The molecule has 2 aliphatic rings. The molecule has 2 fully saturated rings. The van der Waals surface area contributed by atoms with Gasteiger partial charge in [-0.1, -0.05) is 41.4 Å². The lowest BCUT2D eigenvalue weighted by Gasteiger charge is -2.41. The van der Waals surface area contributed by atoms with Crippen molar-refractivity contribution in [2.24, 2.45) is 5.92 Å². The molecule has 2 aromatic carbocycles. The Labute approximate surface area is 189 Å². The standard InChI is InChI=1S/C25H30ClN3O2/c1-18-6-8-20(9-7-18)27-24(30)19-10-14-28(15-11-19)21-12-16-29(17-13-21)25(31)22-4-2-3-5-23(22)26/h2-9,19,21H,10-17H2,1H3,(H,27,30). The molecular weight excluding hydrogens is 410 g/mol. The van der Waals surface area contributed by atoms with E-state index in [0.29, 0.717) is 16.6 Å². The SMILES string of the molecule is Cc1ccc(NC(=O)C2CCN(C3CCN(C(=O)c4ccccc4Cl)CC3)CC2)cc1. The molecule has 0 aromatic heterocycles. The molecule has 4 rings (SSSR count). The summed E-state index contributed by atoms with van der Waals surface area (Å²) in [6.07, 6.45) is 3.71. The fourth-order valence-corrected chi connectivity index (χ4v) is 4.86. The Kier molecular flexibility index (Phi) is 6.93. The number of carbonyl (C=O) groups excluding carboxylic acids is 2. The van der Waals surface area contributed by atoms with Crippen LogP contribution in [0.25, 0.3) is 0 Å². The maximum absolute atomic E-state index is 12.8. The number of aryl methyl sites for hydroxylation is 1. The van der Waals surface area contributed by atoms with E-state index >= 15 is 0 Å². The molecular formula is C25H30ClN3O2. The summed E-state index contributed by atoms with van der Waals surface area (Å²) in [5.41, 5.74) is 2.64. The van der Waals surface area contributed by atoms with Gasteiger partial charge in [-0.3, -0.25) is 9.59 Å². The topological polar surface area (TPSA) is 52.7 Å². The highest BCUT2D eigenvalue weighted by atomic mass is 35.5. The van der Waals surface area contributed by atoms with Gasteiger partial charge in [-0.15, -0.1) is 0 Å². The van der Waals surface area contributed by atoms with Gasteiger partial charge in [-0.2, -0.15) is 0 Å². The van der Waals surface area contributed by atoms with Gasteiger partial charge in [0.05, 0.1) is 10.6 Å². The largest absolute Gasteiger partial charge is 0.338 e. The molecule has 0 saturated carbocycles. The monoisotopic (exact) mass is 439 g/mol. The quantitative estimate of drug-likeness (QED) is 0.757. The van der Waals surface area contributed by atoms with Crippen molar-refractivity contribution in [3.05, 3.63) is 64.7 Å². The summed E-state index contributed by atoms with van der Waals surface area (Å²) < 4.78 is 0. The van der Waals surface area contributed by atoms with Crippen LogP contribution in [-0.2, 0) is 4.79 Å². The molecule has 5 nitrogen and oxygen atoms in total. The van der Waals surface area contributed by atoms with Crippen molar-refractivity contribution in [3.8, 4) is 0 Å². The molecule has 2 aromatic rings. The van der Waals surface area contributed by atoms with Gasteiger partial charge in [0.2, 0.25) is 5.91 Å². The van der Waals surface area contributed by atoms with Gasteiger partial charge in [0, 0.05) is 30.7 Å². The lowest BCUT2D eigenvalue weighted by atomic mass is 9.92. The number of piperidine rings is 2. The zero-order valence-electron chi connectivity index (χ0n) is 18.0. The molecule has 31 heavy (non-hydrogen) atoms. The van der Waals surface area contributed by atoms with Gasteiger partial charge < -0.3 is 15.1 Å². The normalized spacial score (nSPS) is 18.7. The van der Waals surface area contributed by atoms with Crippen LogP contribution in [-0.4, -0.2) is 53.8 Å². The van der Waals surface area contributed by atoms with E-state index in [9.17, 15) is 9.59 Å². The Balaban J connectivity index is 1.24. The van der Waals surface area contributed by atoms with Crippen LogP contribution in [0, 0.1) is 12.8 Å². The van der Waals surface area contributed by atoms with Gasteiger partial charge in [-0.25, -0.2) is 0 Å². The Hall–Kier alpha value is -2.37. The van der Waals surface area contributed by atoms with Crippen LogP contribution in [0.2, 0.25) is 5.02 Å². The first kappa shape index (κ1) is 21.8. The number of rotatable bonds is 4. The second kappa shape index (κ2) is 9.84. The average molecular weight is 440 g/mol. The minimum absolute atomic E-state index is 0.0236. The molecule has 2 aliphatic heterocycles. The highest BCUT2D eigenvalue weighted by Gasteiger charge is 2.32. The second-order valence-electron chi connectivity index (χ2n) is 8.67. The van der Waals surface area contributed by atoms with Crippen molar-refractivity contribution >= 4 is 29.1 Å². The highest BCUT2D eigenvalue weighted by Crippen LogP contribution is 2.26. The van der Waals surface area contributed by atoms with Crippen molar-refractivity contribution in [2.75, 3.05) is 31.5 Å². The van der Waals surface area contributed by atoms with E-state index in [2.05, 4.69) is 10.2 Å². The van der Waals surface area contributed by atoms with Gasteiger partial charge >= 0.3 is 0 Å². The lowest BCUT2D eigenvalue weighted by Crippen LogP contribution is -2.49. The zero-order chi connectivity index (χ0) is 21.8.